The van der Waals surface area contributed by atoms with E-state index in [0.717, 1.165) is 0 Å². The Kier molecular flexibility index (Phi) is 4.63. The van der Waals surface area contributed by atoms with Gasteiger partial charge in [0.05, 0.1) is 14.2 Å². The number of phenolic OH excluding ortho intramolecular Hbond substituents is 1. The van der Waals surface area contributed by atoms with Crippen LogP contribution in [0.5, 0.6) is 11.5 Å². The number of anilines is 1. The SMILES string of the molecule is COC(=O)c1cc(NC(=O)c2ccc(OC)cc2)ccc1O. The van der Waals surface area contributed by atoms with Crippen molar-refractivity contribution in [1.82, 2.24) is 0 Å². The number of rotatable bonds is 4. The third-order valence-corrected chi connectivity index (χ3v) is 3.01. The molecule has 22 heavy (non-hydrogen) atoms. The molecule has 1 amide bonds. The van der Waals surface area contributed by atoms with Gasteiger partial charge in [-0.15, -0.1) is 0 Å². The van der Waals surface area contributed by atoms with Crippen molar-refractivity contribution in [2.75, 3.05) is 19.5 Å². The van der Waals surface area contributed by atoms with Crippen LogP contribution in [-0.4, -0.2) is 31.2 Å². The van der Waals surface area contributed by atoms with Gasteiger partial charge < -0.3 is 19.9 Å². The molecule has 0 bridgehead atoms. The summed E-state index contributed by atoms with van der Waals surface area (Å²) in [5.41, 5.74) is 0.794. The average Bonchev–Trinajstić information content (AvgIpc) is 2.55. The Labute approximate surface area is 127 Å². The highest BCUT2D eigenvalue weighted by molar-refractivity contribution is 6.05. The summed E-state index contributed by atoms with van der Waals surface area (Å²) in [6, 6.07) is 10.7. The third kappa shape index (κ3) is 3.35. The average molecular weight is 301 g/mol. The third-order valence-electron chi connectivity index (χ3n) is 3.01. The van der Waals surface area contributed by atoms with Crippen molar-refractivity contribution in [3.05, 3.63) is 53.6 Å². The van der Waals surface area contributed by atoms with E-state index in [0.29, 0.717) is 17.0 Å². The molecule has 6 nitrogen and oxygen atoms in total. The van der Waals surface area contributed by atoms with Gasteiger partial charge in [-0.3, -0.25) is 4.79 Å². The van der Waals surface area contributed by atoms with Crippen LogP contribution in [0, 0.1) is 0 Å². The van der Waals surface area contributed by atoms with Crippen molar-refractivity contribution >= 4 is 17.6 Å². The largest absolute Gasteiger partial charge is 0.507 e. The van der Waals surface area contributed by atoms with Gasteiger partial charge in [-0.1, -0.05) is 0 Å². The van der Waals surface area contributed by atoms with Gasteiger partial charge in [-0.05, 0) is 42.5 Å². The van der Waals surface area contributed by atoms with Crippen LogP contribution in [0.4, 0.5) is 5.69 Å². The van der Waals surface area contributed by atoms with Crippen LogP contribution >= 0.6 is 0 Å². The fourth-order valence-electron chi connectivity index (χ4n) is 1.83. The van der Waals surface area contributed by atoms with E-state index in [-0.39, 0.29) is 17.2 Å². The molecule has 2 aromatic carbocycles. The van der Waals surface area contributed by atoms with Gasteiger partial charge in [0.25, 0.3) is 5.91 Å². The van der Waals surface area contributed by atoms with Gasteiger partial charge in [0.1, 0.15) is 17.1 Å². The van der Waals surface area contributed by atoms with E-state index in [1.165, 1.54) is 25.3 Å². The first-order valence-corrected chi connectivity index (χ1v) is 6.42. The summed E-state index contributed by atoms with van der Waals surface area (Å²) in [5, 5.41) is 12.3. The lowest BCUT2D eigenvalue weighted by atomic mass is 10.1. The number of aromatic hydroxyl groups is 1. The van der Waals surface area contributed by atoms with Crippen molar-refractivity contribution in [2.24, 2.45) is 0 Å². The van der Waals surface area contributed by atoms with E-state index in [4.69, 9.17) is 4.74 Å². The number of methoxy groups -OCH3 is 2. The van der Waals surface area contributed by atoms with Gasteiger partial charge in [-0.25, -0.2) is 4.79 Å². The molecule has 0 saturated carbocycles. The molecule has 0 aromatic heterocycles. The molecule has 0 fully saturated rings. The molecular formula is C16H15NO5. The molecular weight excluding hydrogens is 286 g/mol. The lowest BCUT2D eigenvalue weighted by Gasteiger charge is -2.08. The first kappa shape index (κ1) is 15.4. The topological polar surface area (TPSA) is 84.9 Å². The Morgan fingerprint density at radius 2 is 1.73 bits per heavy atom. The number of hydrogen-bond acceptors (Lipinski definition) is 5. The van der Waals surface area contributed by atoms with Gasteiger partial charge in [0.15, 0.2) is 0 Å². The van der Waals surface area contributed by atoms with Crippen molar-refractivity contribution in [3.63, 3.8) is 0 Å². The van der Waals surface area contributed by atoms with E-state index < -0.39 is 5.97 Å². The van der Waals surface area contributed by atoms with Gasteiger partial charge in [-0.2, -0.15) is 0 Å². The minimum atomic E-state index is -0.682. The van der Waals surface area contributed by atoms with E-state index in [2.05, 4.69) is 10.1 Å². The molecule has 2 aromatic rings. The molecule has 0 aliphatic carbocycles. The van der Waals surface area contributed by atoms with Crippen molar-refractivity contribution in [3.8, 4) is 11.5 Å². The minimum Gasteiger partial charge on any atom is -0.507 e. The number of hydrogen-bond donors (Lipinski definition) is 2. The molecule has 0 spiro atoms. The summed E-state index contributed by atoms with van der Waals surface area (Å²) < 4.78 is 9.59. The van der Waals surface area contributed by atoms with Crippen LogP contribution < -0.4 is 10.1 Å². The fourth-order valence-corrected chi connectivity index (χ4v) is 1.83. The van der Waals surface area contributed by atoms with Crippen molar-refractivity contribution < 1.29 is 24.2 Å². The van der Waals surface area contributed by atoms with Crippen LogP contribution in [0.2, 0.25) is 0 Å². The predicted octanol–water partition coefficient (Wildman–Crippen LogP) is 2.44. The van der Waals surface area contributed by atoms with Crippen LogP contribution in [0.25, 0.3) is 0 Å². The Morgan fingerprint density at radius 3 is 2.32 bits per heavy atom. The monoisotopic (exact) mass is 301 g/mol. The second-order valence-electron chi connectivity index (χ2n) is 4.41. The number of amides is 1. The zero-order chi connectivity index (χ0) is 16.1. The standard InChI is InChI=1S/C16H15NO5/c1-21-12-6-3-10(4-7-12)15(19)17-11-5-8-14(18)13(9-11)16(20)22-2/h3-9,18H,1-2H3,(H,17,19). The lowest BCUT2D eigenvalue weighted by molar-refractivity contribution is 0.0597. The molecule has 6 heteroatoms. The predicted molar refractivity (Wildman–Crippen MR) is 80.4 cm³/mol. The highest BCUT2D eigenvalue weighted by Gasteiger charge is 2.13. The molecule has 2 rings (SSSR count). The Bertz CT molecular complexity index is 694. The van der Waals surface area contributed by atoms with Crippen LogP contribution in [-0.2, 0) is 4.74 Å². The van der Waals surface area contributed by atoms with Gasteiger partial charge in [0.2, 0.25) is 0 Å². The summed E-state index contributed by atoms with van der Waals surface area (Å²) in [6.07, 6.45) is 0. The highest BCUT2D eigenvalue weighted by Crippen LogP contribution is 2.23. The molecule has 0 unspecified atom stereocenters. The van der Waals surface area contributed by atoms with E-state index in [1.54, 1.807) is 31.4 Å². The maximum Gasteiger partial charge on any atom is 0.341 e. The number of carbonyl (C=O) groups excluding carboxylic acids is 2. The summed E-state index contributed by atoms with van der Waals surface area (Å²) in [6.45, 7) is 0. The molecule has 0 saturated heterocycles. The fraction of sp³-hybridized carbons (Fsp3) is 0.125. The molecule has 2 N–H and O–H groups in total. The Morgan fingerprint density at radius 1 is 1.05 bits per heavy atom. The van der Waals surface area contributed by atoms with Gasteiger partial charge >= 0.3 is 5.97 Å². The van der Waals surface area contributed by atoms with Gasteiger partial charge in [0, 0.05) is 11.3 Å². The van der Waals surface area contributed by atoms with E-state index in [9.17, 15) is 14.7 Å². The zero-order valence-corrected chi connectivity index (χ0v) is 12.1. The zero-order valence-electron chi connectivity index (χ0n) is 12.1. The van der Waals surface area contributed by atoms with Crippen molar-refractivity contribution in [1.29, 1.82) is 0 Å². The first-order chi connectivity index (χ1) is 10.5. The van der Waals surface area contributed by atoms with Crippen LogP contribution in [0.3, 0.4) is 0 Å². The Hall–Kier alpha value is -3.02. The number of esters is 1. The maximum absolute atomic E-state index is 12.1. The summed E-state index contributed by atoms with van der Waals surface area (Å²) in [5.74, 6) is -0.592. The number of benzene rings is 2. The summed E-state index contributed by atoms with van der Waals surface area (Å²) >= 11 is 0. The lowest BCUT2D eigenvalue weighted by Crippen LogP contribution is -2.12. The number of ether oxygens (including phenoxy) is 2. The minimum absolute atomic E-state index is 0.0185. The first-order valence-electron chi connectivity index (χ1n) is 6.42. The van der Waals surface area contributed by atoms with E-state index in [1.807, 2.05) is 0 Å². The number of carbonyl (C=O) groups is 2. The van der Waals surface area contributed by atoms with Crippen LogP contribution in [0.15, 0.2) is 42.5 Å². The quantitative estimate of drug-likeness (QED) is 0.669. The second-order valence-corrected chi connectivity index (χ2v) is 4.41. The normalized spacial score (nSPS) is 9.91. The number of nitrogens with one attached hydrogen (secondary N) is 1. The Balaban J connectivity index is 2.19. The van der Waals surface area contributed by atoms with Crippen molar-refractivity contribution in [2.45, 2.75) is 0 Å². The molecule has 0 aliphatic heterocycles. The summed E-state index contributed by atoms with van der Waals surface area (Å²) in [4.78, 5) is 23.6. The maximum atomic E-state index is 12.1. The molecule has 0 radical (unpaired) electrons. The highest BCUT2D eigenvalue weighted by atomic mass is 16.5. The molecule has 114 valence electrons. The smallest absolute Gasteiger partial charge is 0.341 e. The molecule has 0 aliphatic rings. The van der Waals surface area contributed by atoms with Crippen LogP contribution in [0.1, 0.15) is 20.7 Å². The summed E-state index contributed by atoms with van der Waals surface area (Å²) in [7, 11) is 2.75. The molecule has 0 atom stereocenters. The number of phenols is 1. The molecule has 0 heterocycles. The second kappa shape index (κ2) is 6.62. The van der Waals surface area contributed by atoms with E-state index >= 15 is 0 Å².